The monoisotopic (exact) mass is 334 g/mol. The minimum atomic E-state index is -0.499. The Kier molecular flexibility index (Phi) is 5.54. The highest BCUT2D eigenvalue weighted by Gasteiger charge is 2.20. The first kappa shape index (κ1) is 17.2. The second kappa shape index (κ2) is 7.41. The normalized spacial score (nSPS) is 11.1. The van der Waals surface area contributed by atoms with Crippen LogP contribution >= 0.6 is 11.5 Å². The number of amides is 1. The number of anilines is 1. The highest BCUT2D eigenvalue weighted by molar-refractivity contribution is 7.03. The first-order valence-electron chi connectivity index (χ1n) is 7.37. The van der Waals surface area contributed by atoms with Gasteiger partial charge in [-0.15, -0.1) is 5.10 Å². The van der Waals surface area contributed by atoms with Crippen molar-refractivity contribution in [1.82, 2.24) is 14.5 Å². The summed E-state index contributed by atoms with van der Waals surface area (Å²) in [6, 6.07) is 7.88. The molecule has 6 nitrogen and oxygen atoms in total. The smallest absolute Gasteiger partial charge is 0.410 e. The van der Waals surface area contributed by atoms with E-state index in [2.05, 4.69) is 14.9 Å². The van der Waals surface area contributed by atoms with Crippen molar-refractivity contribution in [2.75, 3.05) is 12.4 Å². The van der Waals surface area contributed by atoms with Crippen molar-refractivity contribution in [3.8, 4) is 0 Å². The summed E-state index contributed by atoms with van der Waals surface area (Å²) in [6.07, 6.45) is -0.337. The fourth-order valence-corrected chi connectivity index (χ4v) is 2.39. The van der Waals surface area contributed by atoms with Crippen LogP contribution in [0.4, 0.5) is 10.5 Å². The highest BCUT2D eigenvalue weighted by atomic mass is 32.1. The molecule has 0 unspecified atom stereocenters. The van der Waals surface area contributed by atoms with Crippen LogP contribution in [0, 0.1) is 0 Å². The third-order valence-corrected chi connectivity index (χ3v) is 3.55. The SMILES string of the molecule is CN(Cc1ccccc1NCc1csnn1)C(=O)OC(C)(C)C. The molecule has 124 valence electrons. The van der Waals surface area contributed by atoms with Gasteiger partial charge < -0.3 is 15.0 Å². The van der Waals surface area contributed by atoms with Crippen LogP contribution in [0.5, 0.6) is 0 Å². The van der Waals surface area contributed by atoms with Crippen LogP contribution in [0.15, 0.2) is 29.6 Å². The standard InChI is InChI=1S/C16H22N4O2S/c1-16(2,3)22-15(21)20(4)10-12-7-5-6-8-14(12)17-9-13-11-23-19-18-13/h5-8,11,17H,9-10H2,1-4H3. The maximum atomic E-state index is 12.1. The Morgan fingerprint density at radius 3 is 2.74 bits per heavy atom. The Bertz CT molecular complexity index is 638. The lowest BCUT2D eigenvalue weighted by atomic mass is 10.1. The summed E-state index contributed by atoms with van der Waals surface area (Å²) in [4.78, 5) is 13.7. The lowest BCUT2D eigenvalue weighted by molar-refractivity contribution is 0.0285. The fourth-order valence-electron chi connectivity index (χ4n) is 1.94. The van der Waals surface area contributed by atoms with Gasteiger partial charge in [0.15, 0.2) is 0 Å². The predicted molar refractivity (Wildman–Crippen MR) is 91.4 cm³/mol. The molecule has 0 aliphatic rings. The fraction of sp³-hybridized carbons (Fsp3) is 0.438. The number of nitrogens with zero attached hydrogens (tertiary/aromatic N) is 3. The van der Waals surface area contributed by atoms with Gasteiger partial charge in [-0.25, -0.2) is 4.79 Å². The number of carbonyl (C=O) groups is 1. The Morgan fingerprint density at radius 1 is 1.35 bits per heavy atom. The van der Waals surface area contributed by atoms with E-state index in [0.29, 0.717) is 13.1 Å². The van der Waals surface area contributed by atoms with Gasteiger partial charge in [0.25, 0.3) is 0 Å². The van der Waals surface area contributed by atoms with Crippen LogP contribution in [0.2, 0.25) is 0 Å². The molecule has 0 aliphatic heterocycles. The minimum absolute atomic E-state index is 0.337. The predicted octanol–water partition coefficient (Wildman–Crippen LogP) is 3.52. The van der Waals surface area contributed by atoms with E-state index in [9.17, 15) is 4.79 Å². The lowest BCUT2D eigenvalue weighted by Crippen LogP contribution is -2.33. The molecule has 0 radical (unpaired) electrons. The summed E-state index contributed by atoms with van der Waals surface area (Å²) in [6.45, 7) is 6.64. The second-order valence-electron chi connectivity index (χ2n) is 6.24. The van der Waals surface area contributed by atoms with Gasteiger partial charge in [0, 0.05) is 18.1 Å². The molecular weight excluding hydrogens is 312 g/mol. The zero-order valence-corrected chi connectivity index (χ0v) is 14.7. The molecule has 0 saturated heterocycles. The largest absolute Gasteiger partial charge is 0.444 e. The number of carbonyl (C=O) groups excluding carboxylic acids is 1. The molecule has 0 atom stereocenters. The van der Waals surface area contributed by atoms with Crippen molar-refractivity contribution < 1.29 is 9.53 Å². The number of aromatic nitrogens is 2. The maximum absolute atomic E-state index is 12.1. The van der Waals surface area contributed by atoms with Crippen molar-refractivity contribution in [2.24, 2.45) is 0 Å². The van der Waals surface area contributed by atoms with Gasteiger partial charge in [-0.05, 0) is 43.9 Å². The third kappa shape index (κ3) is 5.52. The molecule has 2 aromatic rings. The van der Waals surface area contributed by atoms with Crippen LogP contribution in [0.3, 0.4) is 0 Å². The Hall–Kier alpha value is -2.15. The number of benzene rings is 1. The van der Waals surface area contributed by atoms with E-state index in [0.717, 1.165) is 16.9 Å². The Balaban J connectivity index is 2.00. The van der Waals surface area contributed by atoms with Crippen LogP contribution in [0.1, 0.15) is 32.0 Å². The van der Waals surface area contributed by atoms with Gasteiger partial charge in [-0.2, -0.15) is 0 Å². The molecule has 1 aromatic heterocycles. The Labute approximate surface area is 140 Å². The van der Waals surface area contributed by atoms with Gasteiger partial charge in [0.05, 0.1) is 18.8 Å². The first-order valence-corrected chi connectivity index (χ1v) is 8.20. The average molecular weight is 334 g/mol. The van der Waals surface area contributed by atoms with Crippen molar-refractivity contribution >= 4 is 23.3 Å². The molecule has 1 amide bonds. The molecule has 1 aromatic carbocycles. The number of rotatable bonds is 5. The number of hydrogen-bond acceptors (Lipinski definition) is 6. The minimum Gasteiger partial charge on any atom is -0.444 e. The summed E-state index contributed by atoms with van der Waals surface area (Å²) in [5.74, 6) is 0. The summed E-state index contributed by atoms with van der Waals surface area (Å²) in [7, 11) is 1.73. The van der Waals surface area contributed by atoms with E-state index in [1.165, 1.54) is 11.5 Å². The van der Waals surface area contributed by atoms with E-state index in [-0.39, 0.29) is 6.09 Å². The van der Waals surface area contributed by atoms with Crippen LogP contribution in [0.25, 0.3) is 0 Å². The third-order valence-electron chi connectivity index (χ3n) is 3.00. The second-order valence-corrected chi connectivity index (χ2v) is 6.85. The van der Waals surface area contributed by atoms with Gasteiger partial charge >= 0.3 is 6.09 Å². The van der Waals surface area contributed by atoms with Gasteiger partial charge in [0.2, 0.25) is 0 Å². The van der Waals surface area contributed by atoms with E-state index < -0.39 is 5.60 Å². The number of hydrogen-bond donors (Lipinski definition) is 1. The highest BCUT2D eigenvalue weighted by Crippen LogP contribution is 2.19. The molecule has 7 heteroatoms. The molecule has 2 rings (SSSR count). The zero-order chi connectivity index (χ0) is 16.9. The molecule has 0 aliphatic carbocycles. The molecule has 1 heterocycles. The lowest BCUT2D eigenvalue weighted by Gasteiger charge is -2.25. The van der Waals surface area contributed by atoms with Crippen molar-refractivity contribution in [3.63, 3.8) is 0 Å². The van der Waals surface area contributed by atoms with Crippen LogP contribution in [-0.4, -0.2) is 33.2 Å². The molecular formula is C16H22N4O2S. The summed E-state index contributed by atoms with van der Waals surface area (Å²) >= 11 is 1.33. The van der Waals surface area contributed by atoms with E-state index in [1.807, 2.05) is 50.4 Å². The van der Waals surface area contributed by atoms with Crippen LogP contribution in [-0.2, 0) is 17.8 Å². The maximum Gasteiger partial charge on any atom is 0.410 e. The van der Waals surface area contributed by atoms with Crippen LogP contribution < -0.4 is 5.32 Å². The van der Waals surface area contributed by atoms with E-state index >= 15 is 0 Å². The van der Waals surface area contributed by atoms with Crippen molar-refractivity contribution in [2.45, 2.75) is 39.5 Å². The van der Waals surface area contributed by atoms with Gasteiger partial charge in [0.1, 0.15) is 5.60 Å². The Morgan fingerprint density at radius 2 is 2.09 bits per heavy atom. The number of para-hydroxylation sites is 1. The number of ether oxygens (including phenoxy) is 1. The molecule has 1 N–H and O–H groups in total. The summed E-state index contributed by atoms with van der Waals surface area (Å²) < 4.78 is 9.22. The topological polar surface area (TPSA) is 67.3 Å². The number of nitrogens with one attached hydrogen (secondary N) is 1. The summed E-state index contributed by atoms with van der Waals surface area (Å²) in [5, 5.41) is 9.25. The average Bonchev–Trinajstić information content (AvgIpc) is 2.98. The van der Waals surface area contributed by atoms with Gasteiger partial charge in [-0.1, -0.05) is 22.7 Å². The van der Waals surface area contributed by atoms with E-state index in [4.69, 9.17) is 4.74 Å². The molecule has 0 bridgehead atoms. The molecule has 0 spiro atoms. The molecule has 0 saturated carbocycles. The molecule has 23 heavy (non-hydrogen) atoms. The zero-order valence-electron chi connectivity index (χ0n) is 13.9. The summed E-state index contributed by atoms with van der Waals surface area (Å²) in [5.41, 5.74) is 2.38. The van der Waals surface area contributed by atoms with Crippen molar-refractivity contribution in [1.29, 1.82) is 0 Å². The first-order chi connectivity index (χ1) is 10.8. The quantitative estimate of drug-likeness (QED) is 0.906. The van der Waals surface area contributed by atoms with Gasteiger partial charge in [-0.3, -0.25) is 0 Å². The van der Waals surface area contributed by atoms with Crippen molar-refractivity contribution in [3.05, 3.63) is 40.9 Å². The van der Waals surface area contributed by atoms with E-state index in [1.54, 1.807) is 11.9 Å². The molecule has 0 fully saturated rings.